The zero-order chi connectivity index (χ0) is 14.3. The van der Waals surface area contributed by atoms with Crippen LogP contribution in [0.3, 0.4) is 0 Å². The Kier molecular flexibility index (Phi) is 3.66. The van der Waals surface area contributed by atoms with Crippen molar-refractivity contribution in [3.8, 4) is 0 Å². The van der Waals surface area contributed by atoms with Crippen LogP contribution in [0.4, 0.5) is 0 Å². The summed E-state index contributed by atoms with van der Waals surface area (Å²) < 4.78 is 36.5. The van der Waals surface area contributed by atoms with Crippen LogP contribution in [0.25, 0.3) is 0 Å². The van der Waals surface area contributed by atoms with Crippen LogP contribution in [0, 0.1) is 0 Å². The van der Waals surface area contributed by atoms with E-state index >= 15 is 0 Å². The van der Waals surface area contributed by atoms with Gasteiger partial charge in [0.15, 0.2) is 15.6 Å². The van der Waals surface area contributed by atoms with Gasteiger partial charge in [0.2, 0.25) is 0 Å². The Morgan fingerprint density at radius 3 is 2.32 bits per heavy atom. The lowest BCUT2D eigenvalue weighted by Gasteiger charge is -2.25. The Labute approximate surface area is 115 Å². The molecule has 0 N–H and O–H groups in total. The quantitative estimate of drug-likeness (QED) is 0.783. The molecule has 0 aromatic carbocycles. The molecule has 0 radical (unpaired) electrons. The van der Waals surface area contributed by atoms with Crippen molar-refractivity contribution in [1.82, 2.24) is 0 Å². The minimum absolute atomic E-state index is 0.395. The van der Waals surface area contributed by atoms with E-state index in [0.29, 0.717) is 35.7 Å². The van der Waals surface area contributed by atoms with Crippen molar-refractivity contribution in [3.63, 3.8) is 0 Å². The lowest BCUT2D eigenvalue weighted by Crippen LogP contribution is -2.31. The summed E-state index contributed by atoms with van der Waals surface area (Å²) in [6, 6.07) is 0. The van der Waals surface area contributed by atoms with Crippen LogP contribution in [0.1, 0.15) is 47.0 Å². The van der Waals surface area contributed by atoms with Gasteiger partial charge in [0.25, 0.3) is 0 Å². The van der Waals surface area contributed by atoms with Gasteiger partial charge in [-0.15, -0.1) is 0 Å². The summed E-state index contributed by atoms with van der Waals surface area (Å²) in [4.78, 5) is 0.935. The maximum Gasteiger partial charge on any atom is 0.198 e. The third kappa shape index (κ3) is 2.64. The van der Waals surface area contributed by atoms with E-state index in [0.717, 1.165) is 0 Å². The van der Waals surface area contributed by atoms with Gasteiger partial charge < -0.3 is 9.47 Å². The molecule has 2 rings (SSSR count). The fourth-order valence-corrected chi connectivity index (χ4v) is 4.41. The topological polar surface area (TPSA) is 52.6 Å². The molecule has 1 atom stereocenters. The summed E-state index contributed by atoms with van der Waals surface area (Å²) in [6.45, 7) is 7.82. The van der Waals surface area contributed by atoms with E-state index in [2.05, 4.69) is 0 Å². The predicted octanol–water partition coefficient (Wildman–Crippen LogP) is 2.91. The van der Waals surface area contributed by atoms with Gasteiger partial charge >= 0.3 is 0 Å². The van der Waals surface area contributed by atoms with E-state index in [4.69, 9.17) is 9.47 Å². The van der Waals surface area contributed by atoms with Crippen LogP contribution in [0.15, 0.2) is 22.0 Å². The minimum Gasteiger partial charge on any atom is -0.347 e. The first kappa shape index (κ1) is 14.8. The maximum atomic E-state index is 12.5. The maximum absolute atomic E-state index is 12.5. The fourth-order valence-electron chi connectivity index (χ4n) is 2.64. The SMILES string of the molecule is CCC1=CCC2(C=C(CC)S1(=O)=O)COC(C)(C)O2. The standard InChI is InChI=1S/C14H22O4S/c1-5-11-7-8-14(10-17-13(3,4)18-14)9-12(6-2)19(11,15)16/h7,9H,5-6,8,10H2,1-4H3. The Morgan fingerprint density at radius 2 is 1.84 bits per heavy atom. The van der Waals surface area contributed by atoms with Crippen molar-refractivity contribution in [3.05, 3.63) is 22.0 Å². The van der Waals surface area contributed by atoms with Crippen LogP contribution in [-0.2, 0) is 19.3 Å². The van der Waals surface area contributed by atoms with Crippen molar-refractivity contribution in [2.24, 2.45) is 0 Å². The summed E-state index contributed by atoms with van der Waals surface area (Å²) >= 11 is 0. The molecular formula is C14H22O4S. The number of rotatable bonds is 2. The lowest BCUT2D eigenvalue weighted by molar-refractivity contribution is -0.150. The van der Waals surface area contributed by atoms with Crippen LogP contribution in [-0.4, -0.2) is 26.4 Å². The summed E-state index contributed by atoms with van der Waals surface area (Å²) in [5, 5.41) is 0. The average molecular weight is 286 g/mol. The molecule has 2 aliphatic heterocycles. The Morgan fingerprint density at radius 1 is 1.21 bits per heavy atom. The highest BCUT2D eigenvalue weighted by Crippen LogP contribution is 2.40. The van der Waals surface area contributed by atoms with Crippen molar-refractivity contribution >= 4 is 9.84 Å². The molecule has 4 nitrogen and oxygen atoms in total. The molecule has 1 fully saturated rings. The lowest BCUT2D eigenvalue weighted by atomic mass is 9.99. The van der Waals surface area contributed by atoms with Crippen LogP contribution in [0.5, 0.6) is 0 Å². The molecule has 0 amide bonds. The van der Waals surface area contributed by atoms with Crippen LogP contribution < -0.4 is 0 Å². The molecule has 0 saturated carbocycles. The second-order valence-corrected chi connectivity index (χ2v) is 7.61. The molecule has 2 aliphatic rings. The highest BCUT2D eigenvalue weighted by atomic mass is 32.2. The van der Waals surface area contributed by atoms with E-state index in [-0.39, 0.29) is 0 Å². The second kappa shape index (κ2) is 4.72. The van der Waals surface area contributed by atoms with Gasteiger partial charge in [0, 0.05) is 16.2 Å². The van der Waals surface area contributed by atoms with Gasteiger partial charge in [0.05, 0.1) is 6.61 Å². The number of hydrogen-bond donors (Lipinski definition) is 0. The molecule has 1 spiro atoms. The third-order valence-electron chi connectivity index (χ3n) is 3.60. The number of hydrogen-bond acceptors (Lipinski definition) is 4. The van der Waals surface area contributed by atoms with E-state index in [9.17, 15) is 8.42 Å². The zero-order valence-electron chi connectivity index (χ0n) is 12.0. The molecule has 0 aromatic rings. The summed E-state index contributed by atoms with van der Waals surface area (Å²) in [7, 11) is -3.31. The Bertz CT molecular complexity index is 528. The van der Waals surface area contributed by atoms with Crippen molar-refractivity contribution in [2.45, 2.75) is 58.3 Å². The first-order valence-corrected chi connectivity index (χ1v) is 8.23. The van der Waals surface area contributed by atoms with Gasteiger partial charge in [-0.25, -0.2) is 8.42 Å². The van der Waals surface area contributed by atoms with Crippen LogP contribution in [0.2, 0.25) is 0 Å². The first-order chi connectivity index (χ1) is 8.75. The van der Waals surface area contributed by atoms with Gasteiger partial charge in [-0.05, 0) is 32.8 Å². The van der Waals surface area contributed by atoms with Crippen molar-refractivity contribution < 1.29 is 17.9 Å². The van der Waals surface area contributed by atoms with Gasteiger partial charge in [-0.2, -0.15) is 0 Å². The molecule has 0 aliphatic carbocycles. The Balaban J connectivity index is 2.50. The fraction of sp³-hybridized carbons (Fsp3) is 0.714. The third-order valence-corrected chi connectivity index (χ3v) is 5.84. The van der Waals surface area contributed by atoms with Crippen molar-refractivity contribution in [2.75, 3.05) is 6.61 Å². The monoisotopic (exact) mass is 286 g/mol. The van der Waals surface area contributed by atoms with E-state index in [1.54, 1.807) is 12.2 Å². The normalized spacial score (nSPS) is 32.8. The summed E-state index contributed by atoms with van der Waals surface area (Å²) in [5.74, 6) is -0.663. The van der Waals surface area contributed by atoms with E-state index in [1.165, 1.54) is 0 Å². The number of ether oxygens (including phenoxy) is 2. The van der Waals surface area contributed by atoms with E-state index in [1.807, 2.05) is 27.7 Å². The molecule has 108 valence electrons. The molecule has 19 heavy (non-hydrogen) atoms. The average Bonchev–Trinajstić information content (AvgIpc) is 2.57. The molecule has 5 heteroatoms. The van der Waals surface area contributed by atoms with Gasteiger partial charge in [-0.3, -0.25) is 0 Å². The highest BCUT2D eigenvalue weighted by molar-refractivity contribution is 7.98. The first-order valence-electron chi connectivity index (χ1n) is 6.75. The predicted molar refractivity (Wildman–Crippen MR) is 74.1 cm³/mol. The molecule has 1 saturated heterocycles. The molecule has 0 bridgehead atoms. The minimum atomic E-state index is -3.31. The molecule has 0 aromatic heterocycles. The molecule has 2 heterocycles. The molecular weight excluding hydrogens is 264 g/mol. The smallest absolute Gasteiger partial charge is 0.198 e. The van der Waals surface area contributed by atoms with E-state index < -0.39 is 21.2 Å². The number of sulfone groups is 1. The number of allylic oxidation sites excluding steroid dienone is 2. The summed E-state index contributed by atoms with van der Waals surface area (Å²) in [6.07, 6.45) is 5.09. The highest BCUT2D eigenvalue weighted by Gasteiger charge is 2.45. The largest absolute Gasteiger partial charge is 0.347 e. The van der Waals surface area contributed by atoms with Crippen molar-refractivity contribution in [1.29, 1.82) is 0 Å². The Hall–Kier alpha value is -0.650. The van der Waals surface area contributed by atoms with Gasteiger partial charge in [-0.1, -0.05) is 19.9 Å². The summed E-state index contributed by atoms with van der Waals surface area (Å²) in [5.41, 5.74) is -0.640. The molecule has 1 unspecified atom stereocenters. The second-order valence-electron chi connectivity index (χ2n) is 5.55. The zero-order valence-corrected chi connectivity index (χ0v) is 12.8. The van der Waals surface area contributed by atoms with Gasteiger partial charge in [0.1, 0.15) is 5.60 Å². The van der Waals surface area contributed by atoms with Crippen LogP contribution >= 0.6 is 0 Å².